The number of thiocarbonyl (C=S) groups is 1. The summed E-state index contributed by atoms with van der Waals surface area (Å²) in [4.78, 5) is 4.36. The molecule has 0 amide bonds. The lowest BCUT2D eigenvalue weighted by atomic mass is 10.1. The molecule has 186 valence electrons. The van der Waals surface area contributed by atoms with E-state index in [1.165, 1.54) is 11.1 Å². The molecule has 0 spiro atoms. The molecule has 2 atom stereocenters. The molecule has 33 heavy (non-hydrogen) atoms. The Hall–Kier alpha value is -1.71. The van der Waals surface area contributed by atoms with E-state index in [1.807, 2.05) is 117 Å². The number of nitrogens with zero attached hydrogens (tertiary/aromatic N) is 1. The molecule has 0 fully saturated rings. The fourth-order valence-electron chi connectivity index (χ4n) is 1.84. The van der Waals surface area contributed by atoms with Crippen LogP contribution in [-0.2, 0) is 0 Å². The molecule has 6 radical (unpaired) electrons. The van der Waals surface area contributed by atoms with Crippen molar-refractivity contribution in [3.63, 3.8) is 0 Å². The molecule has 0 aliphatic carbocycles. The van der Waals surface area contributed by atoms with Crippen LogP contribution in [0.25, 0.3) is 0 Å². The molecule has 2 aromatic carbocycles. The van der Waals surface area contributed by atoms with Gasteiger partial charge in [0.15, 0.2) is 0 Å². The summed E-state index contributed by atoms with van der Waals surface area (Å²) in [5.74, 6) is 0. The molecule has 2 rings (SSSR count). The maximum atomic E-state index is 5.61. The van der Waals surface area contributed by atoms with Crippen LogP contribution < -0.4 is 5.73 Å². The molecule has 0 heterocycles. The van der Waals surface area contributed by atoms with Gasteiger partial charge in [0.2, 0.25) is 0 Å². The fraction of sp³-hybridized carbons (Fsp3) is 0.500. The Kier molecular flexibility index (Phi) is 64.9. The van der Waals surface area contributed by atoms with E-state index in [0.717, 1.165) is 6.42 Å². The zero-order valence-electron chi connectivity index (χ0n) is 22.4. The maximum absolute atomic E-state index is 5.61. The van der Waals surface area contributed by atoms with Crippen LogP contribution in [0, 0.1) is 0 Å². The van der Waals surface area contributed by atoms with Gasteiger partial charge in [-0.05, 0) is 30.3 Å². The molecular formula is C28H52B2N2S. The molecule has 0 aliphatic rings. The first-order valence-electron chi connectivity index (χ1n) is 11.5. The van der Waals surface area contributed by atoms with E-state index in [-0.39, 0.29) is 36.3 Å². The average molecular weight is 470 g/mol. The Morgan fingerprint density at radius 2 is 1.06 bits per heavy atom. The third-order valence-electron chi connectivity index (χ3n) is 3.14. The van der Waals surface area contributed by atoms with Gasteiger partial charge in [-0.15, -0.1) is 0 Å². The largest absolute Gasteiger partial charge is 0.324 e. The van der Waals surface area contributed by atoms with Crippen molar-refractivity contribution in [2.24, 2.45) is 10.7 Å². The lowest BCUT2D eigenvalue weighted by molar-refractivity contribution is 0.818. The Morgan fingerprint density at radius 3 is 1.33 bits per heavy atom. The minimum atomic E-state index is 0. The SMILES string of the molecule is C.CC.CC.CC.CC.CC(N)c1ccccc1.CC(N=CCC=S)c1ccccc1.[B].[B]. The first-order valence-corrected chi connectivity index (χ1v) is 11.9. The molecule has 2 aromatic rings. The summed E-state index contributed by atoms with van der Waals surface area (Å²) in [5, 5.41) is 1.68. The zero-order valence-corrected chi connectivity index (χ0v) is 23.2. The van der Waals surface area contributed by atoms with E-state index in [0.29, 0.717) is 0 Å². The van der Waals surface area contributed by atoms with Crippen molar-refractivity contribution >= 4 is 40.6 Å². The van der Waals surface area contributed by atoms with Crippen molar-refractivity contribution in [1.82, 2.24) is 0 Å². The predicted molar refractivity (Wildman–Crippen MR) is 164 cm³/mol. The highest BCUT2D eigenvalue weighted by Crippen LogP contribution is 2.14. The molecule has 2 N–H and O–H groups in total. The maximum Gasteiger partial charge on any atom is 0.0717 e. The van der Waals surface area contributed by atoms with Crippen molar-refractivity contribution < 1.29 is 0 Å². The summed E-state index contributed by atoms with van der Waals surface area (Å²) >= 11 is 4.70. The van der Waals surface area contributed by atoms with Crippen molar-refractivity contribution in [3.8, 4) is 0 Å². The molecule has 0 saturated carbocycles. The highest BCUT2D eigenvalue weighted by atomic mass is 32.1. The molecular weight excluding hydrogens is 418 g/mol. The van der Waals surface area contributed by atoms with E-state index in [9.17, 15) is 0 Å². The van der Waals surface area contributed by atoms with Crippen molar-refractivity contribution in [3.05, 3.63) is 71.8 Å². The fourth-order valence-corrected chi connectivity index (χ4v) is 1.92. The average Bonchev–Trinajstić information content (AvgIpc) is 2.86. The predicted octanol–water partition coefficient (Wildman–Crippen LogP) is 8.89. The van der Waals surface area contributed by atoms with Crippen LogP contribution in [0.2, 0.25) is 0 Å². The van der Waals surface area contributed by atoms with Crippen LogP contribution in [0.15, 0.2) is 65.7 Å². The molecule has 2 unspecified atom stereocenters. The monoisotopic (exact) mass is 470 g/mol. The zero-order chi connectivity index (χ0) is 24.2. The van der Waals surface area contributed by atoms with Gasteiger partial charge >= 0.3 is 0 Å². The van der Waals surface area contributed by atoms with Gasteiger partial charge in [-0.2, -0.15) is 0 Å². The summed E-state index contributed by atoms with van der Waals surface area (Å²) in [7, 11) is 0. The van der Waals surface area contributed by atoms with Gasteiger partial charge in [0, 0.05) is 35.5 Å². The topological polar surface area (TPSA) is 38.4 Å². The van der Waals surface area contributed by atoms with Crippen molar-refractivity contribution in [2.45, 2.75) is 95.2 Å². The van der Waals surface area contributed by atoms with Gasteiger partial charge in [0.05, 0.1) is 6.04 Å². The van der Waals surface area contributed by atoms with Crippen LogP contribution in [0.5, 0.6) is 0 Å². The summed E-state index contributed by atoms with van der Waals surface area (Å²) < 4.78 is 0. The smallest absolute Gasteiger partial charge is 0.0717 e. The molecule has 2 nitrogen and oxygen atoms in total. The highest BCUT2D eigenvalue weighted by Gasteiger charge is 1.98. The van der Waals surface area contributed by atoms with Gasteiger partial charge in [0.1, 0.15) is 0 Å². The summed E-state index contributed by atoms with van der Waals surface area (Å²) in [6.45, 7) is 20.1. The standard InChI is InChI=1S/C11H13NS.C8H11N.4C2H6.CH4.2B/c1-10(12-8-5-9-13)11-6-3-2-4-7-11;1-7(9)8-5-3-2-4-6-8;4*1-2;;;/h2-4,6-10H,5H2,1H3;2-7H,9H2,1H3;4*1-2H3;1H4;;. The van der Waals surface area contributed by atoms with Gasteiger partial charge in [-0.1, -0.05) is 136 Å². The van der Waals surface area contributed by atoms with Crippen LogP contribution in [0.4, 0.5) is 0 Å². The second kappa shape index (κ2) is 44.0. The molecule has 5 heteroatoms. The lowest BCUT2D eigenvalue weighted by Crippen LogP contribution is -2.03. The van der Waals surface area contributed by atoms with Crippen LogP contribution in [-0.4, -0.2) is 28.4 Å². The van der Waals surface area contributed by atoms with Crippen LogP contribution >= 0.6 is 12.2 Å². The first-order chi connectivity index (χ1) is 14.6. The van der Waals surface area contributed by atoms with Gasteiger partial charge < -0.3 is 5.73 Å². The van der Waals surface area contributed by atoms with E-state index in [2.05, 4.69) is 24.0 Å². The summed E-state index contributed by atoms with van der Waals surface area (Å²) in [6, 6.07) is 20.7. The lowest BCUT2D eigenvalue weighted by Gasteiger charge is -2.04. The Labute approximate surface area is 218 Å². The minimum absolute atomic E-state index is 0. The number of nitrogens with two attached hydrogens (primary N) is 1. The number of hydrogen-bond donors (Lipinski definition) is 1. The highest BCUT2D eigenvalue weighted by molar-refractivity contribution is 7.79. The Balaban J connectivity index is -0.0000000600. The quantitative estimate of drug-likeness (QED) is 0.269. The number of hydrogen-bond acceptors (Lipinski definition) is 3. The summed E-state index contributed by atoms with van der Waals surface area (Å²) in [6.07, 6.45) is 2.64. The third-order valence-corrected chi connectivity index (χ3v) is 3.33. The second-order valence-corrected chi connectivity index (χ2v) is 5.35. The van der Waals surface area contributed by atoms with Gasteiger partial charge in [-0.3, -0.25) is 4.99 Å². The van der Waals surface area contributed by atoms with E-state index < -0.39 is 0 Å². The molecule has 0 bridgehead atoms. The Morgan fingerprint density at radius 1 is 0.727 bits per heavy atom. The van der Waals surface area contributed by atoms with Crippen LogP contribution in [0.1, 0.15) is 106 Å². The van der Waals surface area contributed by atoms with E-state index >= 15 is 0 Å². The van der Waals surface area contributed by atoms with Crippen molar-refractivity contribution in [2.75, 3.05) is 0 Å². The van der Waals surface area contributed by atoms with Crippen LogP contribution in [0.3, 0.4) is 0 Å². The second-order valence-electron chi connectivity index (χ2n) is 5.02. The number of benzene rings is 2. The molecule has 0 saturated heterocycles. The summed E-state index contributed by atoms with van der Waals surface area (Å²) in [5.41, 5.74) is 8.04. The first kappa shape index (κ1) is 48.7. The molecule has 0 aromatic heterocycles. The third kappa shape index (κ3) is 32.6. The Bertz CT molecular complexity index is 563. The van der Waals surface area contributed by atoms with Gasteiger partial charge in [-0.25, -0.2) is 0 Å². The van der Waals surface area contributed by atoms with Gasteiger partial charge in [0.25, 0.3) is 0 Å². The normalized spacial score (nSPS) is 9.42. The molecule has 0 aliphatic heterocycles. The number of rotatable bonds is 5. The minimum Gasteiger partial charge on any atom is -0.324 e. The number of aliphatic imine (C=N–C) groups is 1. The van der Waals surface area contributed by atoms with Crippen molar-refractivity contribution in [1.29, 1.82) is 0 Å². The van der Waals surface area contributed by atoms with E-state index in [4.69, 9.17) is 18.0 Å². The van der Waals surface area contributed by atoms with E-state index in [1.54, 1.807) is 5.37 Å².